The summed E-state index contributed by atoms with van der Waals surface area (Å²) in [5, 5.41) is 3.58. The molecule has 1 aliphatic heterocycles. The van der Waals surface area contributed by atoms with Crippen molar-refractivity contribution in [1.29, 1.82) is 0 Å². The average Bonchev–Trinajstić information content (AvgIpc) is 2.99. The summed E-state index contributed by atoms with van der Waals surface area (Å²) in [6.45, 7) is 6.76. The summed E-state index contributed by atoms with van der Waals surface area (Å²) in [5.74, 6) is 0.913. The smallest absolute Gasteiger partial charge is 0.133 e. The monoisotopic (exact) mass is 355 g/mol. The molecule has 0 saturated carbocycles. The largest absolute Gasteiger partial charge is 0.493 e. The van der Waals surface area contributed by atoms with E-state index in [0.29, 0.717) is 18.8 Å². The van der Waals surface area contributed by atoms with Gasteiger partial charge in [-0.15, -0.1) is 0 Å². The Balaban J connectivity index is 2.00. The zero-order chi connectivity index (χ0) is 15.1. The van der Waals surface area contributed by atoms with Crippen LogP contribution in [0.15, 0.2) is 22.7 Å². The zero-order valence-electron chi connectivity index (χ0n) is 13.0. The Morgan fingerprint density at radius 2 is 2.29 bits per heavy atom. The standard InChI is InChI=1S/C17H26BrNO2/c1-3-19-16(9-8-14-6-5-11-21-14)13-7-10-17(20-4-2)15(18)12-13/h7,10,12,14,16,19H,3-6,8-9,11H2,1-2H3. The highest BCUT2D eigenvalue weighted by Crippen LogP contribution is 2.31. The first kappa shape index (κ1) is 16.8. The maximum atomic E-state index is 5.74. The summed E-state index contributed by atoms with van der Waals surface area (Å²) < 4.78 is 12.3. The molecule has 1 aliphatic rings. The van der Waals surface area contributed by atoms with Gasteiger partial charge in [-0.2, -0.15) is 0 Å². The maximum Gasteiger partial charge on any atom is 0.133 e. The highest BCUT2D eigenvalue weighted by atomic mass is 79.9. The van der Waals surface area contributed by atoms with Crippen molar-refractivity contribution in [2.24, 2.45) is 0 Å². The van der Waals surface area contributed by atoms with Crippen molar-refractivity contribution in [2.45, 2.75) is 51.7 Å². The third kappa shape index (κ3) is 4.97. The predicted molar refractivity (Wildman–Crippen MR) is 89.9 cm³/mol. The SMILES string of the molecule is CCNC(CCC1CCCO1)c1ccc(OCC)c(Br)c1. The molecule has 2 atom stereocenters. The molecule has 4 heteroatoms. The van der Waals surface area contributed by atoms with E-state index >= 15 is 0 Å². The molecule has 0 bridgehead atoms. The number of hydrogen-bond acceptors (Lipinski definition) is 3. The Hall–Kier alpha value is -0.580. The van der Waals surface area contributed by atoms with Crippen LogP contribution in [0.25, 0.3) is 0 Å². The van der Waals surface area contributed by atoms with Crippen LogP contribution < -0.4 is 10.1 Å². The number of hydrogen-bond donors (Lipinski definition) is 1. The van der Waals surface area contributed by atoms with Crippen LogP contribution in [0.3, 0.4) is 0 Å². The second-order valence-corrected chi connectivity index (χ2v) is 6.30. The molecule has 21 heavy (non-hydrogen) atoms. The molecule has 3 nitrogen and oxygen atoms in total. The molecule has 118 valence electrons. The molecule has 1 aromatic carbocycles. The van der Waals surface area contributed by atoms with Crippen molar-refractivity contribution in [1.82, 2.24) is 5.32 Å². The normalized spacial score (nSPS) is 19.7. The summed E-state index contributed by atoms with van der Waals surface area (Å²) in [6, 6.07) is 6.78. The van der Waals surface area contributed by atoms with E-state index in [4.69, 9.17) is 9.47 Å². The number of nitrogens with one attached hydrogen (secondary N) is 1. The van der Waals surface area contributed by atoms with E-state index in [-0.39, 0.29) is 0 Å². The lowest BCUT2D eigenvalue weighted by Gasteiger charge is -2.21. The predicted octanol–water partition coefficient (Wildman–Crippen LogP) is 4.46. The summed E-state index contributed by atoms with van der Waals surface area (Å²) in [5.41, 5.74) is 1.31. The minimum absolute atomic E-state index is 0.381. The van der Waals surface area contributed by atoms with Crippen molar-refractivity contribution in [3.63, 3.8) is 0 Å². The second-order valence-electron chi connectivity index (χ2n) is 5.45. The fourth-order valence-corrected chi connectivity index (χ4v) is 3.37. The molecule has 2 rings (SSSR count). The minimum atomic E-state index is 0.381. The van der Waals surface area contributed by atoms with E-state index in [0.717, 1.165) is 36.2 Å². The first-order valence-electron chi connectivity index (χ1n) is 8.01. The molecule has 1 fully saturated rings. The van der Waals surface area contributed by atoms with Gasteiger partial charge in [-0.25, -0.2) is 0 Å². The number of rotatable bonds is 8. The van der Waals surface area contributed by atoms with Gasteiger partial charge in [0.15, 0.2) is 0 Å². The maximum absolute atomic E-state index is 5.74. The van der Waals surface area contributed by atoms with Crippen LogP contribution >= 0.6 is 15.9 Å². The molecule has 0 radical (unpaired) electrons. The van der Waals surface area contributed by atoms with Crippen molar-refractivity contribution in [3.05, 3.63) is 28.2 Å². The van der Waals surface area contributed by atoms with Gasteiger partial charge in [-0.3, -0.25) is 0 Å². The van der Waals surface area contributed by atoms with Gasteiger partial charge in [-0.1, -0.05) is 13.0 Å². The van der Waals surface area contributed by atoms with Gasteiger partial charge in [0.1, 0.15) is 5.75 Å². The zero-order valence-corrected chi connectivity index (χ0v) is 14.6. The van der Waals surface area contributed by atoms with Gasteiger partial charge in [0.2, 0.25) is 0 Å². The Labute approximate surface area is 136 Å². The molecule has 1 heterocycles. The Morgan fingerprint density at radius 1 is 1.43 bits per heavy atom. The van der Waals surface area contributed by atoms with Crippen LogP contribution in [0, 0.1) is 0 Å². The summed E-state index contributed by atoms with van der Waals surface area (Å²) in [6.07, 6.45) is 5.12. The van der Waals surface area contributed by atoms with Gasteiger partial charge < -0.3 is 14.8 Å². The van der Waals surface area contributed by atoms with E-state index in [1.165, 1.54) is 18.4 Å². The highest BCUT2D eigenvalue weighted by molar-refractivity contribution is 9.10. The Kier molecular flexibility index (Phi) is 7.00. The highest BCUT2D eigenvalue weighted by Gasteiger charge is 2.19. The molecular formula is C17H26BrNO2. The van der Waals surface area contributed by atoms with E-state index in [1.807, 2.05) is 6.92 Å². The quantitative estimate of drug-likeness (QED) is 0.746. The lowest BCUT2D eigenvalue weighted by Crippen LogP contribution is -2.22. The lowest BCUT2D eigenvalue weighted by atomic mass is 9.99. The van der Waals surface area contributed by atoms with Crippen LogP contribution in [0.1, 0.15) is 51.1 Å². The second kappa shape index (κ2) is 8.76. The van der Waals surface area contributed by atoms with Crippen LogP contribution in [0.5, 0.6) is 5.75 Å². The third-order valence-corrected chi connectivity index (χ3v) is 4.53. The molecule has 0 spiro atoms. The first-order valence-corrected chi connectivity index (χ1v) is 8.81. The van der Waals surface area contributed by atoms with Crippen molar-refractivity contribution in [3.8, 4) is 5.75 Å². The van der Waals surface area contributed by atoms with Crippen LogP contribution in [-0.2, 0) is 4.74 Å². The Bertz CT molecular complexity index is 433. The van der Waals surface area contributed by atoms with Gasteiger partial charge in [0.25, 0.3) is 0 Å². The third-order valence-electron chi connectivity index (χ3n) is 3.91. The number of halogens is 1. The van der Waals surface area contributed by atoms with Gasteiger partial charge in [0, 0.05) is 12.6 Å². The first-order chi connectivity index (χ1) is 10.2. The van der Waals surface area contributed by atoms with Gasteiger partial charge in [0.05, 0.1) is 17.2 Å². The molecule has 0 aliphatic carbocycles. The lowest BCUT2D eigenvalue weighted by molar-refractivity contribution is 0.0996. The number of ether oxygens (including phenoxy) is 2. The molecular weight excluding hydrogens is 330 g/mol. The van der Waals surface area contributed by atoms with Crippen LogP contribution in [0.2, 0.25) is 0 Å². The topological polar surface area (TPSA) is 30.5 Å². The van der Waals surface area contributed by atoms with Gasteiger partial charge in [-0.05, 0) is 72.8 Å². The molecule has 1 N–H and O–H groups in total. The van der Waals surface area contributed by atoms with Crippen molar-refractivity contribution < 1.29 is 9.47 Å². The van der Waals surface area contributed by atoms with E-state index in [1.54, 1.807) is 0 Å². The summed E-state index contributed by atoms with van der Waals surface area (Å²) in [7, 11) is 0. The fourth-order valence-electron chi connectivity index (χ4n) is 2.86. The average molecular weight is 356 g/mol. The van der Waals surface area contributed by atoms with E-state index < -0.39 is 0 Å². The van der Waals surface area contributed by atoms with E-state index in [9.17, 15) is 0 Å². The summed E-state index contributed by atoms with van der Waals surface area (Å²) in [4.78, 5) is 0. The van der Waals surface area contributed by atoms with Crippen molar-refractivity contribution in [2.75, 3.05) is 19.8 Å². The molecule has 1 saturated heterocycles. The number of benzene rings is 1. The fraction of sp³-hybridized carbons (Fsp3) is 0.647. The van der Waals surface area contributed by atoms with Crippen LogP contribution in [-0.4, -0.2) is 25.9 Å². The van der Waals surface area contributed by atoms with Gasteiger partial charge >= 0.3 is 0 Å². The van der Waals surface area contributed by atoms with Crippen LogP contribution in [0.4, 0.5) is 0 Å². The van der Waals surface area contributed by atoms with Crippen molar-refractivity contribution >= 4 is 15.9 Å². The molecule has 0 amide bonds. The minimum Gasteiger partial charge on any atom is -0.493 e. The molecule has 2 unspecified atom stereocenters. The summed E-state index contributed by atoms with van der Waals surface area (Å²) >= 11 is 3.61. The molecule has 0 aromatic heterocycles. The molecule has 1 aromatic rings. The Morgan fingerprint density at radius 3 is 2.90 bits per heavy atom. The van der Waals surface area contributed by atoms with E-state index in [2.05, 4.69) is 46.4 Å².